The Hall–Kier alpha value is -1.87. The number of hydrogen-bond donors (Lipinski definition) is 3. The van der Waals surface area contributed by atoms with E-state index >= 15 is 0 Å². The van der Waals surface area contributed by atoms with Crippen molar-refractivity contribution in [2.24, 2.45) is 17.3 Å². The van der Waals surface area contributed by atoms with Crippen LogP contribution in [0.5, 0.6) is 0 Å². The normalized spacial score (nSPS) is 20.1. The molecule has 3 N–H and O–H groups in total. The molecule has 0 radical (unpaired) electrons. The summed E-state index contributed by atoms with van der Waals surface area (Å²) in [6, 6.07) is 0. The number of hydrogen-bond acceptors (Lipinski definition) is 5. The summed E-state index contributed by atoms with van der Waals surface area (Å²) < 4.78 is 0. The highest BCUT2D eigenvalue weighted by atomic mass is 35.5. The van der Waals surface area contributed by atoms with Crippen molar-refractivity contribution in [2.45, 2.75) is 26.7 Å². The van der Waals surface area contributed by atoms with E-state index < -0.39 is 5.41 Å². The van der Waals surface area contributed by atoms with Crippen molar-refractivity contribution < 1.29 is 19.2 Å². The van der Waals surface area contributed by atoms with Gasteiger partial charge in [0.05, 0.1) is 17.3 Å². The molecule has 168 valence electrons. The Kier molecular flexibility index (Phi) is 11.2. The second kappa shape index (κ2) is 12.0. The van der Waals surface area contributed by atoms with Crippen LogP contribution < -0.4 is 16.0 Å². The zero-order valence-electron chi connectivity index (χ0n) is 18.3. The summed E-state index contributed by atoms with van der Waals surface area (Å²) in [6.45, 7) is 5.19. The Morgan fingerprint density at radius 3 is 1.86 bits per heavy atom. The predicted molar refractivity (Wildman–Crippen MR) is 114 cm³/mol. The van der Waals surface area contributed by atoms with E-state index in [1.165, 1.54) is 4.90 Å². The molecule has 0 aromatic rings. The van der Waals surface area contributed by atoms with Gasteiger partial charge in [0, 0.05) is 54.2 Å². The van der Waals surface area contributed by atoms with Gasteiger partial charge in [-0.05, 0) is 13.0 Å². The Labute approximate surface area is 179 Å². The molecule has 1 aliphatic heterocycles. The molecule has 10 heteroatoms. The first-order chi connectivity index (χ1) is 13.1. The van der Waals surface area contributed by atoms with Crippen LogP contribution >= 0.6 is 12.4 Å². The molecule has 0 bridgehead atoms. The number of rotatable bonds is 9. The van der Waals surface area contributed by atoms with E-state index in [9.17, 15) is 19.2 Å². The largest absolute Gasteiger partial charge is 0.359 e. The van der Waals surface area contributed by atoms with Crippen molar-refractivity contribution in [2.75, 3.05) is 54.4 Å². The maximum atomic E-state index is 13.2. The second-order valence-corrected chi connectivity index (χ2v) is 7.87. The maximum Gasteiger partial charge on any atom is 0.230 e. The molecule has 0 spiro atoms. The summed E-state index contributed by atoms with van der Waals surface area (Å²) in [4.78, 5) is 52.5. The molecule has 3 unspecified atom stereocenters. The third-order valence-corrected chi connectivity index (χ3v) is 5.44. The zero-order chi connectivity index (χ0) is 21.5. The first kappa shape index (κ1) is 27.1. The highest BCUT2D eigenvalue weighted by molar-refractivity contribution is 5.90. The predicted octanol–water partition coefficient (Wildman–Crippen LogP) is -0.541. The number of nitrogens with zero attached hydrogens (tertiary/aromatic N) is 2. The Morgan fingerprint density at radius 2 is 1.45 bits per heavy atom. The van der Waals surface area contributed by atoms with Gasteiger partial charge >= 0.3 is 0 Å². The summed E-state index contributed by atoms with van der Waals surface area (Å²) in [5.41, 5.74) is -0.821. The van der Waals surface area contributed by atoms with Crippen LogP contribution in [0.4, 0.5) is 0 Å². The van der Waals surface area contributed by atoms with Gasteiger partial charge in [0.25, 0.3) is 0 Å². The maximum absolute atomic E-state index is 13.2. The Bertz CT molecular complexity index is 595. The minimum atomic E-state index is -0.821. The molecule has 9 nitrogen and oxygen atoms in total. The van der Waals surface area contributed by atoms with Crippen LogP contribution in [0.3, 0.4) is 0 Å². The zero-order valence-corrected chi connectivity index (χ0v) is 19.1. The van der Waals surface area contributed by atoms with Crippen molar-refractivity contribution in [3.63, 3.8) is 0 Å². The van der Waals surface area contributed by atoms with E-state index in [1.54, 1.807) is 46.9 Å². The molecule has 3 atom stereocenters. The number of carbonyl (C=O) groups is 4. The van der Waals surface area contributed by atoms with Gasteiger partial charge in [0.15, 0.2) is 0 Å². The van der Waals surface area contributed by atoms with Gasteiger partial charge in [-0.2, -0.15) is 0 Å². The second-order valence-electron chi connectivity index (χ2n) is 7.87. The van der Waals surface area contributed by atoms with Gasteiger partial charge in [-0.15, -0.1) is 12.4 Å². The highest BCUT2D eigenvalue weighted by Gasteiger charge is 2.45. The lowest BCUT2D eigenvalue weighted by Gasteiger charge is -2.34. The van der Waals surface area contributed by atoms with Crippen LogP contribution in [0.1, 0.15) is 26.7 Å². The summed E-state index contributed by atoms with van der Waals surface area (Å²) in [6.07, 6.45) is 0.642. The molecule has 1 saturated heterocycles. The van der Waals surface area contributed by atoms with E-state index in [2.05, 4.69) is 16.0 Å². The standard InChI is InChI=1S/C19H35N5O4.ClH/c1-13(16(26)20-3)10-23(5)15(25)9-19(7-8-22-12-19)18(28)24(6)11-14(2)17(27)21-4;/h13-14,22H,7-12H2,1-6H3,(H,20,26)(H,21,27);1H. The molecule has 0 aromatic carbocycles. The van der Waals surface area contributed by atoms with Crippen molar-refractivity contribution in [1.29, 1.82) is 0 Å². The third kappa shape index (κ3) is 7.15. The van der Waals surface area contributed by atoms with Crippen LogP contribution in [-0.4, -0.2) is 87.8 Å². The van der Waals surface area contributed by atoms with Crippen molar-refractivity contribution in [3.8, 4) is 0 Å². The van der Waals surface area contributed by atoms with Crippen LogP contribution in [0.2, 0.25) is 0 Å². The number of nitrogens with one attached hydrogen (secondary N) is 3. The summed E-state index contributed by atoms with van der Waals surface area (Å²) in [7, 11) is 6.45. The Balaban J connectivity index is 0.00000784. The molecule has 1 fully saturated rings. The fraction of sp³-hybridized carbons (Fsp3) is 0.789. The van der Waals surface area contributed by atoms with Gasteiger partial charge < -0.3 is 25.8 Å². The lowest BCUT2D eigenvalue weighted by atomic mass is 9.81. The average Bonchev–Trinajstić information content (AvgIpc) is 3.14. The number of halogens is 1. The SMILES string of the molecule is CNC(=O)C(C)CN(C)C(=O)CC1(C(=O)N(C)CC(C)C(=O)NC)CCNC1.Cl. The quantitative estimate of drug-likeness (QED) is 0.452. The molecule has 1 rings (SSSR count). The van der Waals surface area contributed by atoms with Crippen molar-refractivity contribution >= 4 is 36.0 Å². The minimum Gasteiger partial charge on any atom is -0.359 e. The van der Waals surface area contributed by atoms with E-state index in [0.717, 1.165) is 0 Å². The van der Waals surface area contributed by atoms with Gasteiger partial charge in [-0.3, -0.25) is 19.2 Å². The molecule has 1 aliphatic rings. The first-order valence-electron chi connectivity index (χ1n) is 9.71. The van der Waals surface area contributed by atoms with Gasteiger partial charge in [0.2, 0.25) is 23.6 Å². The van der Waals surface area contributed by atoms with E-state index in [0.29, 0.717) is 26.1 Å². The van der Waals surface area contributed by atoms with E-state index in [-0.39, 0.29) is 60.8 Å². The number of amides is 4. The third-order valence-electron chi connectivity index (χ3n) is 5.44. The van der Waals surface area contributed by atoms with E-state index in [1.807, 2.05) is 0 Å². The Morgan fingerprint density at radius 1 is 0.966 bits per heavy atom. The summed E-state index contributed by atoms with van der Waals surface area (Å²) >= 11 is 0. The fourth-order valence-corrected chi connectivity index (χ4v) is 3.65. The topological polar surface area (TPSA) is 111 Å². The number of carbonyl (C=O) groups excluding carboxylic acids is 4. The molecule has 4 amide bonds. The van der Waals surface area contributed by atoms with Gasteiger partial charge in [-0.1, -0.05) is 13.8 Å². The molecule has 0 saturated carbocycles. The first-order valence-corrected chi connectivity index (χ1v) is 9.71. The summed E-state index contributed by atoms with van der Waals surface area (Å²) in [5.74, 6) is -1.22. The monoisotopic (exact) mass is 433 g/mol. The van der Waals surface area contributed by atoms with E-state index in [4.69, 9.17) is 0 Å². The minimum absolute atomic E-state index is 0. The van der Waals surface area contributed by atoms with Gasteiger partial charge in [-0.25, -0.2) is 0 Å². The molecular weight excluding hydrogens is 398 g/mol. The molecule has 0 aliphatic carbocycles. The lowest BCUT2D eigenvalue weighted by Crippen LogP contribution is -2.49. The van der Waals surface area contributed by atoms with Crippen LogP contribution in [0, 0.1) is 17.3 Å². The highest BCUT2D eigenvalue weighted by Crippen LogP contribution is 2.33. The molecule has 0 aromatic heterocycles. The molecule has 29 heavy (non-hydrogen) atoms. The van der Waals surface area contributed by atoms with Crippen molar-refractivity contribution in [1.82, 2.24) is 25.8 Å². The molecular formula is C19H36ClN5O4. The smallest absolute Gasteiger partial charge is 0.230 e. The average molecular weight is 434 g/mol. The van der Waals surface area contributed by atoms with Crippen LogP contribution in [-0.2, 0) is 19.2 Å². The summed E-state index contributed by atoms with van der Waals surface area (Å²) in [5, 5.41) is 8.35. The van der Waals surface area contributed by atoms with Crippen LogP contribution in [0.15, 0.2) is 0 Å². The molecule has 1 heterocycles. The van der Waals surface area contributed by atoms with Gasteiger partial charge in [0.1, 0.15) is 0 Å². The van der Waals surface area contributed by atoms with Crippen molar-refractivity contribution in [3.05, 3.63) is 0 Å². The van der Waals surface area contributed by atoms with Crippen LogP contribution in [0.25, 0.3) is 0 Å². The fourth-order valence-electron chi connectivity index (χ4n) is 3.65. The lowest BCUT2D eigenvalue weighted by molar-refractivity contribution is -0.147.